The van der Waals surface area contributed by atoms with Crippen LogP contribution in [0, 0.1) is 17.8 Å². The van der Waals surface area contributed by atoms with Crippen molar-refractivity contribution in [3.05, 3.63) is 79.9 Å². The third kappa shape index (κ3) is 6.13. The van der Waals surface area contributed by atoms with Gasteiger partial charge in [-0.05, 0) is 62.6 Å². The van der Waals surface area contributed by atoms with Crippen molar-refractivity contribution in [2.75, 3.05) is 47.5 Å². The highest BCUT2D eigenvalue weighted by Gasteiger charge is 2.76. The molecule has 258 valence electrons. The van der Waals surface area contributed by atoms with E-state index < -0.39 is 28.7 Å². The molecule has 1 N–H and O–H groups in total. The van der Waals surface area contributed by atoms with Crippen LogP contribution in [-0.4, -0.2) is 87.4 Å². The minimum Gasteiger partial charge on any atom is -0.394 e. The minimum atomic E-state index is -0.874. The molecule has 0 aromatic heterocycles. The lowest BCUT2D eigenvalue weighted by atomic mass is 9.70. The maximum absolute atomic E-state index is 15.2. The standard InChI is InChI=1S/C38H49BrN4O4S/c1-7-21-41(27-15-13-12-14-16-27)35(45)31-32-36(46)43(30(24-44)25(6)9-3)34(38(32)23-29(39)33(31)48-38)37(47)42(22-8-2)28-19-17-26(18-20-28)40(10-4)11-5/h7-8,12-20,25,29-34,44H,1-2,9-11,21-24H2,3-6H3/t25-,29?,30-,31-,32-,33-,34?,38?/m0/s1. The van der Waals surface area contributed by atoms with Gasteiger partial charge in [0.15, 0.2) is 0 Å². The molecule has 0 saturated carbocycles. The predicted molar refractivity (Wildman–Crippen MR) is 201 cm³/mol. The molecule has 2 bridgehead atoms. The number of para-hydroxylation sites is 1. The lowest BCUT2D eigenvalue weighted by Crippen LogP contribution is -2.59. The van der Waals surface area contributed by atoms with Gasteiger partial charge in [-0.3, -0.25) is 14.4 Å². The van der Waals surface area contributed by atoms with Crippen LogP contribution in [0.2, 0.25) is 0 Å². The molecule has 3 heterocycles. The van der Waals surface area contributed by atoms with Crippen LogP contribution in [0.4, 0.5) is 17.1 Å². The fourth-order valence-corrected chi connectivity index (χ4v) is 11.7. The average Bonchev–Trinajstić information content (AvgIpc) is 3.70. The summed E-state index contributed by atoms with van der Waals surface area (Å²) < 4.78 is -0.856. The Balaban J connectivity index is 1.62. The molecule has 8 nitrogen and oxygen atoms in total. The van der Waals surface area contributed by atoms with Gasteiger partial charge < -0.3 is 24.7 Å². The van der Waals surface area contributed by atoms with Crippen LogP contribution in [0.25, 0.3) is 0 Å². The Labute approximate surface area is 298 Å². The summed E-state index contributed by atoms with van der Waals surface area (Å²) in [7, 11) is 0. The first kappa shape index (κ1) is 36.2. The van der Waals surface area contributed by atoms with Crippen molar-refractivity contribution >= 4 is 62.5 Å². The highest BCUT2D eigenvalue weighted by molar-refractivity contribution is 9.09. The zero-order valence-corrected chi connectivity index (χ0v) is 30.9. The molecule has 3 fully saturated rings. The summed E-state index contributed by atoms with van der Waals surface area (Å²) in [6, 6.07) is 16.0. The molecular weight excluding hydrogens is 688 g/mol. The average molecular weight is 738 g/mol. The third-order valence-corrected chi connectivity index (χ3v) is 13.8. The van der Waals surface area contributed by atoms with E-state index >= 15 is 4.79 Å². The number of nitrogens with zero attached hydrogens (tertiary/aromatic N) is 4. The summed E-state index contributed by atoms with van der Waals surface area (Å²) in [4.78, 5) is 52.1. The van der Waals surface area contributed by atoms with Gasteiger partial charge in [-0.15, -0.1) is 24.9 Å². The van der Waals surface area contributed by atoms with Gasteiger partial charge in [0.05, 0.1) is 29.2 Å². The molecule has 3 unspecified atom stereocenters. The molecular formula is C38H49BrN4O4S. The van der Waals surface area contributed by atoms with Gasteiger partial charge in [0, 0.05) is 53.3 Å². The molecule has 1 spiro atoms. The number of carbonyl (C=O) groups is 3. The largest absolute Gasteiger partial charge is 0.394 e. The van der Waals surface area contributed by atoms with E-state index in [0.717, 1.165) is 30.9 Å². The van der Waals surface area contributed by atoms with Gasteiger partial charge in [0.25, 0.3) is 5.91 Å². The van der Waals surface area contributed by atoms with E-state index in [0.29, 0.717) is 18.7 Å². The lowest BCUT2D eigenvalue weighted by molar-refractivity contribution is -0.143. The second-order valence-electron chi connectivity index (χ2n) is 13.0. The van der Waals surface area contributed by atoms with Crippen molar-refractivity contribution in [3.63, 3.8) is 0 Å². The summed E-state index contributed by atoms with van der Waals surface area (Å²) in [6.45, 7) is 18.1. The zero-order valence-electron chi connectivity index (χ0n) is 28.5. The molecule has 3 saturated heterocycles. The summed E-state index contributed by atoms with van der Waals surface area (Å²) in [5.74, 6) is -2.01. The van der Waals surface area contributed by atoms with Crippen LogP contribution in [-0.2, 0) is 14.4 Å². The van der Waals surface area contributed by atoms with Crippen LogP contribution < -0.4 is 14.7 Å². The van der Waals surface area contributed by atoms with Gasteiger partial charge in [0.2, 0.25) is 11.8 Å². The normalized spacial score (nSPS) is 26.9. The van der Waals surface area contributed by atoms with E-state index in [1.807, 2.05) is 68.4 Å². The number of thioether (sulfide) groups is 1. The fraction of sp³-hybridized carbons (Fsp3) is 0.500. The SMILES string of the molecule is C=CCN(C(=O)C1N([C@@H](CO)[C@@H](C)CC)C(=O)[C@@H]2[C@H](C(=O)N(CC=C)c3ccccc3)[C@H]3SC12CC3Br)c1ccc(N(CC)CC)cc1. The highest BCUT2D eigenvalue weighted by atomic mass is 79.9. The van der Waals surface area contributed by atoms with Gasteiger partial charge in [-0.1, -0.05) is 66.5 Å². The Bertz CT molecular complexity index is 1490. The number of hydrogen-bond donors (Lipinski definition) is 1. The number of alkyl halides is 1. The van der Waals surface area contributed by atoms with Crippen molar-refractivity contribution in [2.24, 2.45) is 17.8 Å². The smallest absolute Gasteiger partial charge is 0.251 e. The first-order valence-corrected chi connectivity index (χ1v) is 18.9. The van der Waals surface area contributed by atoms with Crippen LogP contribution in [0.1, 0.15) is 40.5 Å². The molecule has 3 amide bonds. The third-order valence-electron chi connectivity index (χ3n) is 10.6. The Kier molecular flexibility index (Phi) is 11.5. The van der Waals surface area contributed by atoms with Crippen LogP contribution in [0.3, 0.4) is 0 Å². The number of fused-ring (bicyclic) bond motifs is 1. The lowest BCUT2D eigenvalue weighted by Gasteiger charge is -2.41. The predicted octanol–water partition coefficient (Wildman–Crippen LogP) is 6.14. The maximum Gasteiger partial charge on any atom is 0.251 e. The summed E-state index contributed by atoms with van der Waals surface area (Å²) in [5.41, 5.74) is 2.52. The Morgan fingerprint density at radius 2 is 1.54 bits per heavy atom. The van der Waals surface area contributed by atoms with E-state index in [2.05, 4.69) is 47.8 Å². The molecule has 8 atom stereocenters. The number of carbonyl (C=O) groups excluding carboxylic acids is 3. The molecule has 48 heavy (non-hydrogen) atoms. The Hall–Kier alpha value is -3.08. The van der Waals surface area contributed by atoms with Crippen molar-refractivity contribution in [2.45, 2.75) is 67.4 Å². The second-order valence-corrected chi connectivity index (χ2v) is 15.8. The van der Waals surface area contributed by atoms with Gasteiger partial charge in [-0.25, -0.2) is 0 Å². The zero-order chi connectivity index (χ0) is 34.7. The van der Waals surface area contributed by atoms with Crippen LogP contribution in [0.15, 0.2) is 79.9 Å². The molecule has 5 rings (SSSR count). The van der Waals surface area contributed by atoms with E-state index in [-0.39, 0.29) is 46.9 Å². The number of hydrogen-bond acceptors (Lipinski definition) is 6. The van der Waals surface area contributed by atoms with E-state index in [9.17, 15) is 14.7 Å². The topological polar surface area (TPSA) is 84.4 Å². The number of rotatable bonds is 15. The van der Waals surface area contributed by atoms with Crippen molar-refractivity contribution in [1.29, 1.82) is 0 Å². The quantitative estimate of drug-likeness (QED) is 0.175. The fourth-order valence-electron chi connectivity index (χ4n) is 8.07. The highest BCUT2D eigenvalue weighted by Crippen LogP contribution is 2.68. The van der Waals surface area contributed by atoms with E-state index in [1.165, 1.54) is 0 Å². The number of aliphatic hydroxyl groups excluding tert-OH is 1. The number of likely N-dealkylation sites (tertiary alicyclic amines) is 1. The van der Waals surface area contributed by atoms with Gasteiger partial charge in [-0.2, -0.15) is 0 Å². The van der Waals surface area contributed by atoms with Gasteiger partial charge in [0.1, 0.15) is 6.04 Å². The van der Waals surface area contributed by atoms with E-state index in [1.54, 1.807) is 38.6 Å². The van der Waals surface area contributed by atoms with Crippen LogP contribution in [0.5, 0.6) is 0 Å². The Morgan fingerprint density at radius 1 is 0.979 bits per heavy atom. The summed E-state index contributed by atoms with van der Waals surface area (Å²) >= 11 is 5.52. The summed E-state index contributed by atoms with van der Waals surface area (Å²) in [6.07, 6.45) is 4.68. The number of benzene rings is 2. The van der Waals surface area contributed by atoms with E-state index in [4.69, 9.17) is 0 Å². The number of halogens is 1. The molecule has 10 heteroatoms. The second kappa shape index (κ2) is 15.2. The first-order valence-electron chi connectivity index (χ1n) is 17.1. The minimum absolute atomic E-state index is 0.0663. The molecule has 2 aromatic rings. The molecule has 0 aliphatic carbocycles. The van der Waals surface area contributed by atoms with Crippen molar-refractivity contribution < 1.29 is 19.5 Å². The molecule has 2 aromatic carbocycles. The molecule has 3 aliphatic rings. The van der Waals surface area contributed by atoms with Crippen molar-refractivity contribution in [3.8, 4) is 0 Å². The first-order chi connectivity index (χ1) is 23.1. The molecule has 0 radical (unpaired) electrons. The number of aliphatic hydroxyl groups is 1. The van der Waals surface area contributed by atoms with Crippen LogP contribution >= 0.6 is 27.7 Å². The van der Waals surface area contributed by atoms with Gasteiger partial charge >= 0.3 is 0 Å². The molecule has 3 aliphatic heterocycles. The number of amides is 3. The maximum atomic E-state index is 15.2. The van der Waals surface area contributed by atoms with Crippen molar-refractivity contribution in [1.82, 2.24) is 4.90 Å². The monoisotopic (exact) mass is 736 g/mol. The Morgan fingerprint density at radius 3 is 2.08 bits per heavy atom. The number of anilines is 3. The summed E-state index contributed by atoms with van der Waals surface area (Å²) in [5, 5.41) is 10.6.